The van der Waals surface area contributed by atoms with Crippen LogP contribution in [0.2, 0.25) is 0 Å². The van der Waals surface area contributed by atoms with E-state index in [2.05, 4.69) is 47.0 Å². The summed E-state index contributed by atoms with van der Waals surface area (Å²) >= 11 is 5.60. The van der Waals surface area contributed by atoms with Crippen molar-refractivity contribution in [3.63, 3.8) is 0 Å². The summed E-state index contributed by atoms with van der Waals surface area (Å²) in [6, 6.07) is 85.7. The van der Waals surface area contributed by atoms with Gasteiger partial charge in [0.05, 0.1) is 10.2 Å². The number of esters is 1. The third kappa shape index (κ3) is 10.8. The number of oxime groups is 1. The van der Waals surface area contributed by atoms with Crippen molar-refractivity contribution in [2.45, 2.75) is 33.0 Å². The van der Waals surface area contributed by atoms with Crippen LogP contribution in [0.1, 0.15) is 56.3 Å². The SMILES string of the molecule is O=C(NC1C(=O)N2C(C(=O)OC(c3ccccc3)c3ccccc3)=C(Sc3nc4ccccc4s3)CS[C@@H]12)C(=NOC(c1ccccc1)(c1ccccc1)c1ccccc1)c1csc(NC(c2ccccc2)(c2ccccc2)c2ccccc2)n1. The van der Waals surface area contributed by atoms with Crippen molar-refractivity contribution in [1.29, 1.82) is 0 Å². The zero-order valence-electron chi connectivity index (χ0n) is 45.4. The number of aromatic nitrogens is 2. The fourth-order valence-corrected chi connectivity index (χ4v) is 15.4. The van der Waals surface area contributed by atoms with E-state index < -0.39 is 46.4 Å². The Morgan fingerprint density at radius 2 is 1.05 bits per heavy atom. The van der Waals surface area contributed by atoms with E-state index in [0.29, 0.717) is 20.1 Å². The molecule has 1 fully saturated rings. The maximum absolute atomic E-state index is 15.6. The van der Waals surface area contributed by atoms with E-state index in [1.54, 1.807) is 5.38 Å². The number of carbonyl (C=O) groups is 3. The van der Waals surface area contributed by atoms with Crippen molar-refractivity contribution in [3.8, 4) is 0 Å². The Kier molecular flexibility index (Phi) is 15.8. The minimum absolute atomic E-state index is 0.102. The summed E-state index contributed by atoms with van der Waals surface area (Å²) in [6.45, 7) is 0. The molecule has 1 saturated heterocycles. The molecular formula is C70H52N6O5S4. The van der Waals surface area contributed by atoms with Crippen molar-refractivity contribution >= 4 is 85.0 Å². The van der Waals surface area contributed by atoms with Gasteiger partial charge >= 0.3 is 5.97 Å². The van der Waals surface area contributed by atoms with Crippen LogP contribution in [0.3, 0.4) is 0 Å². The second-order valence-corrected chi connectivity index (χ2v) is 24.4. The third-order valence-electron chi connectivity index (χ3n) is 15.0. The molecule has 416 valence electrons. The number of anilines is 1. The molecule has 1 unspecified atom stereocenters. The molecule has 2 N–H and O–H groups in total. The zero-order chi connectivity index (χ0) is 57.6. The Morgan fingerprint density at radius 3 is 1.54 bits per heavy atom. The van der Waals surface area contributed by atoms with Crippen LogP contribution in [0, 0.1) is 0 Å². The van der Waals surface area contributed by atoms with Gasteiger partial charge < -0.3 is 20.2 Å². The van der Waals surface area contributed by atoms with Crippen molar-refractivity contribution in [1.82, 2.24) is 20.2 Å². The molecule has 2 amide bonds. The molecule has 13 rings (SSSR count). The summed E-state index contributed by atoms with van der Waals surface area (Å²) in [7, 11) is 0. The summed E-state index contributed by atoms with van der Waals surface area (Å²) in [5, 5.41) is 13.4. The van der Waals surface area contributed by atoms with Crippen LogP contribution in [-0.2, 0) is 35.1 Å². The number of nitrogens with zero attached hydrogens (tertiary/aromatic N) is 4. The lowest BCUT2D eigenvalue weighted by Crippen LogP contribution is -2.71. The first kappa shape index (κ1) is 54.8. The molecule has 0 aliphatic carbocycles. The molecule has 85 heavy (non-hydrogen) atoms. The average Bonchev–Trinajstić information content (AvgIpc) is 3.18. The van der Waals surface area contributed by atoms with E-state index in [9.17, 15) is 0 Å². The van der Waals surface area contributed by atoms with E-state index in [1.165, 1.54) is 51.1 Å². The van der Waals surface area contributed by atoms with Crippen molar-refractivity contribution in [3.05, 3.63) is 333 Å². The maximum atomic E-state index is 15.6. The van der Waals surface area contributed by atoms with Gasteiger partial charge in [0.2, 0.25) is 5.60 Å². The first-order valence-electron chi connectivity index (χ1n) is 27.5. The highest BCUT2D eigenvalue weighted by Gasteiger charge is 2.55. The number of hydrogen-bond donors (Lipinski definition) is 2. The number of para-hydroxylation sites is 1. The second-order valence-electron chi connectivity index (χ2n) is 20.1. The van der Waals surface area contributed by atoms with Gasteiger partial charge in [-0.05, 0) is 39.9 Å². The number of thiazole rings is 2. The van der Waals surface area contributed by atoms with Crippen LogP contribution in [0.25, 0.3) is 10.2 Å². The molecule has 11 aromatic rings. The van der Waals surface area contributed by atoms with E-state index in [0.717, 1.165) is 54.7 Å². The van der Waals surface area contributed by atoms with Crippen LogP contribution in [0.5, 0.6) is 0 Å². The summed E-state index contributed by atoms with van der Waals surface area (Å²) in [5.41, 5.74) is 5.31. The van der Waals surface area contributed by atoms with Crippen molar-refractivity contribution in [2.75, 3.05) is 11.1 Å². The molecule has 0 saturated carbocycles. The second kappa shape index (κ2) is 24.4. The number of nitrogens with one attached hydrogen (secondary N) is 2. The Hall–Kier alpha value is -9.38. The Balaban J connectivity index is 0.894. The highest BCUT2D eigenvalue weighted by molar-refractivity contribution is 8.07. The van der Waals surface area contributed by atoms with Crippen LogP contribution in [0.15, 0.2) is 292 Å². The lowest BCUT2D eigenvalue weighted by Gasteiger charge is -2.49. The van der Waals surface area contributed by atoms with Gasteiger partial charge in [-0.3, -0.25) is 14.5 Å². The average molecular weight is 1190 g/mol. The number of ether oxygens (including phenoxy) is 1. The van der Waals surface area contributed by atoms with Crippen LogP contribution < -0.4 is 10.6 Å². The van der Waals surface area contributed by atoms with Crippen molar-refractivity contribution in [2.24, 2.45) is 5.16 Å². The first-order chi connectivity index (χ1) is 41.9. The monoisotopic (exact) mass is 1180 g/mol. The highest BCUT2D eigenvalue weighted by atomic mass is 32.2. The molecule has 0 radical (unpaired) electrons. The summed E-state index contributed by atoms with van der Waals surface area (Å²) in [5.74, 6) is -1.57. The summed E-state index contributed by atoms with van der Waals surface area (Å²) in [4.78, 5) is 65.1. The Bertz CT molecular complexity index is 3930. The number of carbonyl (C=O) groups excluding carboxylic acids is 3. The van der Waals surface area contributed by atoms with Gasteiger partial charge in [-0.15, -0.1) is 34.4 Å². The van der Waals surface area contributed by atoms with E-state index >= 15 is 14.4 Å². The minimum atomic E-state index is -1.38. The highest BCUT2D eigenvalue weighted by Crippen LogP contribution is 2.48. The normalized spacial score (nSPS) is 15.2. The number of β-lactam (4-membered cyclic amide) rings is 1. The molecular weight excluding hydrogens is 1130 g/mol. The van der Waals surface area contributed by atoms with Gasteiger partial charge in [0.25, 0.3) is 11.8 Å². The lowest BCUT2D eigenvalue weighted by atomic mass is 9.77. The third-order valence-corrected chi connectivity index (χ3v) is 19.4. The molecule has 9 aromatic carbocycles. The topological polar surface area (TPSA) is 135 Å². The van der Waals surface area contributed by atoms with Gasteiger partial charge in [-0.2, -0.15) is 0 Å². The Labute approximate surface area is 508 Å². The van der Waals surface area contributed by atoms with Crippen LogP contribution in [-0.4, -0.2) is 55.5 Å². The van der Waals surface area contributed by atoms with Crippen molar-refractivity contribution < 1.29 is 24.0 Å². The van der Waals surface area contributed by atoms with E-state index in [-0.39, 0.29) is 17.1 Å². The number of thioether (sulfide) groups is 2. The summed E-state index contributed by atoms with van der Waals surface area (Å²) in [6.07, 6.45) is -0.791. The van der Waals surface area contributed by atoms with Gasteiger partial charge in [0, 0.05) is 32.7 Å². The largest absolute Gasteiger partial charge is 0.448 e. The Morgan fingerprint density at radius 1 is 0.588 bits per heavy atom. The molecule has 2 aliphatic heterocycles. The fraction of sp³-hybridized carbons (Fsp3) is 0.0857. The minimum Gasteiger partial charge on any atom is -0.448 e. The molecule has 2 aromatic heterocycles. The number of amides is 2. The number of benzene rings is 9. The smallest absolute Gasteiger partial charge is 0.356 e. The molecule has 2 aliphatic rings. The van der Waals surface area contributed by atoms with Gasteiger partial charge in [-0.25, -0.2) is 14.8 Å². The molecule has 15 heteroatoms. The van der Waals surface area contributed by atoms with Crippen LogP contribution >= 0.6 is 46.2 Å². The molecule has 4 heterocycles. The number of hydrogen-bond acceptors (Lipinski definition) is 13. The van der Waals surface area contributed by atoms with Gasteiger partial charge in [0.15, 0.2) is 21.3 Å². The molecule has 0 bridgehead atoms. The quantitative estimate of drug-likeness (QED) is 0.0265. The molecule has 0 spiro atoms. The predicted molar refractivity (Wildman–Crippen MR) is 340 cm³/mol. The predicted octanol–water partition coefficient (Wildman–Crippen LogP) is 14.6. The molecule has 2 atom stereocenters. The number of rotatable bonds is 19. The van der Waals surface area contributed by atoms with E-state index in [4.69, 9.17) is 24.7 Å². The van der Waals surface area contributed by atoms with Gasteiger partial charge in [-0.1, -0.05) is 272 Å². The van der Waals surface area contributed by atoms with Crippen LogP contribution in [0.4, 0.5) is 5.13 Å². The maximum Gasteiger partial charge on any atom is 0.356 e. The standard InChI is InChI=1S/C70H52N6O5S4/c77-63(73-60-64(78)76-61(58(46-82-65(60)76)85-68-72-55-43-25-26-44-57(55)84-68)66(79)80-62(47-27-9-1-10-28-47)48-29-11-2-12-30-48)59(75-81-70(52-37-19-6-20-38-52,53-39-21-7-22-40-53)54-41-23-8-24-42-54)56-45-83-67(71-56)74-69(49-31-13-3-14-32-49,50-33-15-4-16-34-50)51-35-17-5-18-36-51/h1-45,60,62,65H,46H2,(H,71,74)(H,73,77)/t60?,65-/m0/s1. The zero-order valence-corrected chi connectivity index (χ0v) is 48.6. The van der Waals surface area contributed by atoms with Gasteiger partial charge in [0.1, 0.15) is 28.3 Å². The lowest BCUT2D eigenvalue weighted by molar-refractivity contribution is -0.154. The summed E-state index contributed by atoms with van der Waals surface area (Å²) < 4.78 is 8.24. The number of fused-ring (bicyclic) bond motifs is 2. The first-order valence-corrected chi connectivity index (χ1v) is 31.1. The molecule has 11 nitrogen and oxygen atoms in total. The van der Waals surface area contributed by atoms with E-state index in [1.807, 2.05) is 231 Å². The fourth-order valence-electron chi connectivity index (χ4n) is 11.0.